The van der Waals surface area contributed by atoms with Crippen molar-refractivity contribution in [2.24, 2.45) is 0 Å². The Kier molecular flexibility index (Phi) is 5.06. The molecule has 1 aliphatic heterocycles. The van der Waals surface area contributed by atoms with Gasteiger partial charge in [-0.1, -0.05) is 12.1 Å². The van der Waals surface area contributed by atoms with E-state index < -0.39 is 11.7 Å². The molecule has 1 saturated carbocycles. The van der Waals surface area contributed by atoms with E-state index in [0.717, 1.165) is 31.2 Å². The number of methoxy groups -OCH3 is 1. The number of rotatable bonds is 3. The zero-order valence-electron chi connectivity index (χ0n) is 14.0. The van der Waals surface area contributed by atoms with Gasteiger partial charge in [-0.3, -0.25) is 4.90 Å². The standard InChI is InChI=1S/C18H25FN2O3/c1-24-18(16-12-20-10-11-21(16)17(22)23)8-6-14(7-9-18)13-2-4-15(19)5-3-13/h2-5,14,16,20H,6-12H2,1H3,(H,22,23). The largest absolute Gasteiger partial charge is 0.465 e. The molecule has 3 rings (SSSR count). The number of nitrogens with one attached hydrogen (secondary N) is 1. The molecule has 1 aromatic rings. The molecule has 1 amide bonds. The van der Waals surface area contributed by atoms with Gasteiger partial charge in [0.2, 0.25) is 0 Å². The Morgan fingerprint density at radius 2 is 2.00 bits per heavy atom. The van der Waals surface area contributed by atoms with Crippen molar-refractivity contribution in [1.82, 2.24) is 10.2 Å². The van der Waals surface area contributed by atoms with Crippen LogP contribution in [0.4, 0.5) is 9.18 Å². The van der Waals surface area contributed by atoms with E-state index in [9.17, 15) is 14.3 Å². The van der Waals surface area contributed by atoms with Gasteiger partial charge in [0, 0.05) is 26.7 Å². The highest BCUT2D eigenvalue weighted by Gasteiger charge is 2.47. The highest BCUT2D eigenvalue weighted by atomic mass is 19.1. The monoisotopic (exact) mass is 336 g/mol. The van der Waals surface area contributed by atoms with Gasteiger partial charge >= 0.3 is 6.09 Å². The summed E-state index contributed by atoms with van der Waals surface area (Å²) in [7, 11) is 1.69. The molecule has 5 nitrogen and oxygen atoms in total. The number of hydrogen-bond acceptors (Lipinski definition) is 3. The summed E-state index contributed by atoms with van der Waals surface area (Å²) in [5, 5.41) is 12.8. The highest BCUT2D eigenvalue weighted by molar-refractivity contribution is 5.66. The zero-order valence-corrected chi connectivity index (χ0v) is 14.0. The summed E-state index contributed by atoms with van der Waals surface area (Å²) >= 11 is 0. The van der Waals surface area contributed by atoms with E-state index in [1.807, 2.05) is 12.1 Å². The van der Waals surface area contributed by atoms with Crippen molar-refractivity contribution in [3.05, 3.63) is 35.6 Å². The van der Waals surface area contributed by atoms with Gasteiger partial charge in [-0.2, -0.15) is 0 Å². The topological polar surface area (TPSA) is 61.8 Å². The third kappa shape index (κ3) is 3.26. The molecular formula is C18H25FN2O3. The van der Waals surface area contributed by atoms with Crippen LogP contribution >= 0.6 is 0 Å². The first-order valence-corrected chi connectivity index (χ1v) is 8.56. The summed E-state index contributed by atoms with van der Waals surface area (Å²) in [6.45, 7) is 1.80. The molecule has 0 aromatic heterocycles. The van der Waals surface area contributed by atoms with Crippen LogP contribution in [0.1, 0.15) is 37.2 Å². The predicted octanol–water partition coefficient (Wildman–Crippen LogP) is 2.82. The fourth-order valence-electron chi connectivity index (χ4n) is 4.25. The molecule has 0 bridgehead atoms. The number of piperazine rings is 1. The molecule has 0 spiro atoms. The van der Waals surface area contributed by atoms with Gasteiger partial charge in [-0.15, -0.1) is 0 Å². The quantitative estimate of drug-likeness (QED) is 0.891. The molecule has 2 fully saturated rings. The summed E-state index contributed by atoms with van der Waals surface area (Å²) < 4.78 is 19.0. The lowest BCUT2D eigenvalue weighted by Crippen LogP contribution is -2.64. The molecule has 1 heterocycles. The summed E-state index contributed by atoms with van der Waals surface area (Å²) in [6, 6.07) is 6.55. The number of carboxylic acid groups (broad SMARTS) is 1. The van der Waals surface area contributed by atoms with Crippen LogP contribution in [-0.4, -0.2) is 54.5 Å². The molecule has 1 unspecified atom stereocenters. The van der Waals surface area contributed by atoms with Crippen LogP contribution in [-0.2, 0) is 4.74 Å². The van der Waals surface area contributed by atoms with Crippen molar-refractivity contribution in [2.45, 2.75) is 43.2 Å². The average Bonchev–Trinajstić information content (AvgIpc) is 2.62. The smallest absolute Gasteiger partial charge is 0.407 e. The highest BCUT2D eigenvalue weighted by Crippen LogP contribution is 2.43. The number of amides is 1. The van der Waals surface area contributed by atoms with Crippen LogP contribution in [0, 0.1) is 5.82 Å². The van der Waals surface area contributed by atoms with Crippen LogP contribution in [0.5, 0.6) is 0 Å². The van der Waals surface area contributed by atoms with Gasteiger partial charge in [-0.05, 0) is 49.3 Å². The lowest BCUT2D eigenvalue weighted by atomic mass is 9.72. The SMILES string of the molecule is COC1(C2CNCCN2C(=O)O)CCC(c2ccc(F)cc2)CC1. The zero-order chi connectivity index (χ0) is 17.2. The third-order valence-corrected chi connectivity index (χ3v) is 5.68. The summed E-state index contributed by atoms with van der Waals surface area (Å²) in [6.07, 6.45) is 2.58. The van der Waals surface area contributed by atoms with E-state index >= 15 is 0 Å². The molecule has 2 aliphatic rings. The Morgan fingerprint density at radius 1 is 1.33 bits per heavy atom. The van der Waals surface area contributed by atoms with Crippen LogP contribution in [0.15, 0.2) is 24.3 Å². The second-order valence-corrected chi connectivity index (χ2v) is 6.79. The lowest BCUT2D eigenvalue weighted by molar-refractivity contribution is -0.102. The van der Waals surface area contributed by atoms with Crippen LogP contribution < -0.4 is 5.32 Å². The van der Waals surface area contributed by atoms with Crippen LogP contribution in [0.2, 0.25) is 0 Å². The Labute approximate surface area is 141 Å². The van der Waals surface area contributed by atoms with Gasteiger partial charge < -0.3 is 15.2 Å². The second-order valence-electron chi connectivity index (χ2n) is 6.79. The fraction of sp³-hybridized carbons (Fsp3) is 0.611. The minimum Gasteiger partial charge on any atom is -0.465 e. The van der Waals surface area contributed by atoms with Crippen LogP contribution in [0.25, 0.3) is 0 Å². The number of carbonyl (C=O) groups is 1. The van der Waals surface area contributed by atoms with Crippen molar-refractivity contribution < 1.29 is 19.0 Å². The summed E-state index contributed by atoms with van der Waals surface area (Å²) in [5.41, 5.74) is 0.709. The molecular weight excluding hydrogens is 311 g/mol. The Morgan fingerprint density at radius 3 is 2.58 bits per heavy atom. The number of benzene rings is 1. The van der Waals surface area contributed by atoms with E-state index in [1.165, 1.54) is 17.0 Å². The minimum absolute atomic E-state index is 0.164. The first-order chi connectivity index (χ1) is 11.6. The van der Waals surface area contributed by atoms with Crippen LogP contribution in [0.3, 0.4) is 0 Å². The molecule has 2 N–H and O–H groups in total. The predicted molar refractivity (Wildman–Crippen MR) is 88.7 cm³/mol. The van der Waals surface area contributed by atoms with Gasteiger partial charge in [0.15, 0.2) is 0 Å². The van der Waals surface area contributed by atoms with E-state index in [4.69, 9.17) is 4.74 Å². The Bertz CT molecular complexity index is 570. The minimum atomic E-state index is -0.876. The molecule has 132 valence electrons. The van der Waals surface area contributed by atoms with Crippen molar-refractivity contribution in [3.8, 4) is 0 Å². The van der Waals surface area contributed by atoms with E-state index in [2.05, 4.69) is 5.32 Å². The molecule has 1 aromatic carbocycles. The summed E-state index contributed by atoms with van der Waals surface area (Å²) in [5.74, 6) is 0.162. The molecule has 1 saturated heterocycles. The number of nitrogens with zero attached hydrogens (tertiary/aromatic N) is 1. The molecule has 6 heteroatoms. The van der Waals surface area contributed by atoms with E-state index in [-0.39, 0.29) is 11.9 Å². The van der Waals surface area contributed by atoms with Crippen molar-refractivity contribution in [3.63, 3.8) is 0 Å². The molecule has 1 atom stereocenters. The van der Waals surface area contributed by atoms with E-state index in [1.54, 1.807) is 7.11 Å². The number of ether oxygens (including phenoxy) is 1. The maximum Gasteiger partial charge on any atom is 0.407 e. The third-order valence-electron chi connectivity index (χ3n) is 5.68. The maximum absolute atomic E-state index is 13.1. The molecule has 24 heavy (non-hydrogen) atoms. The molecule has 0 radical (unpaired) electrons. The average molecular weight is 336 g/mol. The first kappa shape index (κ1) is 17.2. The number of halogens is 1. The van der Waals surface area contributed by atoms with Crippen molar-refractivity contribution in [1.29, 1.82) is 0 Å². The first-order valence-electron chi connectivity index (χ1n) is 8.56. The van der Waals surface area contributed by atoms with Gasteiger partial charge in [0.25, 0.3) is 0 Å². The van der Waals surface area contributed by atoms with Gasteiger partial charge in [0.05, 0.1) is 11.6 Å². The second kappa shape index (κ2) is 7.07. The lowest BCUT2D eigenvalue weighted by Gasteiger charge is -2.49. The Hall–Kier alpha value is -1.66. The molecule has 1 aliphatic carbocycles. The van der Waals surface area contributed by atoms with Crippen molar-refractivity contribution >= 4 is 6.09 Å². The van der Waals surface area contributed by atoms with Crippen molar-refractivity contribution in [2.75, 3.05) is 26.7 Å². The normalized spacial score (nSPS) is 31.0. The maximum atomic E-state index is 13.1. The van der Waals surface area contributed by atoms with Gasteiger partial charge in [-0.25, -0.2) is 9.18 Å². The Balaban J connectivity index is 1.73. The van der Waals surface area contributed by atoms with Gasteiger partial charge in [0.1, 0.15) is 5.82 Å². The fourth-order valence-corrected chi connectivity index (χ4v) is 4.25. The summed E-state index contributed by atoms with van der Waals surface area (Å²) in [4.78, 5) is 13.1. The van der Waals surface area contributed by atoms with E-state index in [0.29, 0.717) is 25.6 Å². The number of hydrogen-bond donors (Lipinski definition) is 2.